The van der Waals surface area contributed by atoms with Gasteiger partial charge in [-0.15, -0.1) is 11.3 Å². The summed E-state index contributed by atoms with van der Waals surface area (Å²) in [5, 5.41) is 6.35. The predicted octanol–water partition coefficient (Wildman–Crippen LogP) is 5.75. The molecule has 0 radical (unpaired) electrons. The largest absolute Gasteiger partial charge is 0.323 e. The Labute approximate surface area is 153 Å². The first-order valence-corrected chi connectivity index (χ1v) is 8.79. The number of nitrogens with one attached hydrogen (secondary N) is 2. The van der Waals surface area contributed by atoms with Gasteiger partial charge in [-0.2, -0.15) is 0 Å². The Morgan fingerprint density at radius 2 is 1.65 bits per heavy atom. The summed E-state index contributed by atoms with van der Waals surface area (Å²) in [5.74, 6) is -0.348. The smallest absolute Gasteiger partial charge is 0.308 e. The molecule has 2 amide bonds. The number of para-hydroxylation sites is 1. The minimum absolute atomic E-state index is 0.348. The number of amides is 2. The summed E-state index contributed by atoms with van der Waals surface area (Å²) in [6.07, 6.45) is 0. The topological polar surface area (TPSA) is 54.0 Å². The van der Waals surface area contributed by atoms with Gasteiger partial charge in [0.15, 0.2) is 0 Å². The SMILES string of the molecule is O=C(Nc1ccc(F)cc1)Nc1cccc(-c2nc3ccccc3s2)c1. The average molecular weight is 363 g/mol. The number of benzene rings is 3. The van der Waals surface area contributed by atoms with Gasteiger partial charge >= 0.3 is 6.03 Å². The van der Waals surface area contributed by atoms with Crippen LogP contribution in [0.15, 0.2) is 72.8 Å². The van der Waals surface area contributed by atoms with Crippen LogP contribution in [0, 0.1) is 5.82 Å². The Morgan fingerprint density at radius 1 is 0.885 bits per heavy atom. The second-order valence-electron chi connectivity index (χ2n) is 5.65. The van der Waals surface area contributed by atoms with E-state index in [1.54, 1.807) is 17.4 Å². The van der Waals surface area contributed by atoms with Crippen molar-refractivity contribution in [3.8, 4) is 10.6 Å². The van der Waals surface area contributed by atoms with Crippen molar-refractivity contribution < 1.29 is 9.18 Å². The van der Waals surface area contributed by atoms with E-state index in [0.29, 0.717) is 11.4 Å². The fraction of sp³-hybridized carbons (Fsp3) is 0. The highest BCUT2D eigenvalue weighted by atomic mass is 32.1. The number of rotatable bonds is 3. The first-order valence-electron chi connectivity index (χ1n) is 7.97. The number of hydrogen-bond donors (Lipinski definition) is 2. The zero-order valence-electron chi connectivity index (χ0n) is 13.6. The molecule has 0 spiro atoms. The fourth-order valence-electron chi connectivity index (χ4n) is 2.55. The highest BCUT2D eigenvalue weighted by molar-refractivity contribution is 7.21. The maximum Gasteiger partial charge on any atom is 0.323 e. The normalized spacial score (nSPS) is 10.7. The zero-order valence-corrected chi connectivity index (χ0v) is 14.4. The lowest BCUT2D eigenvalue weighted by atomic mass is 10.2. The molecule has 3 aromatic carbocycles. The summed E-state index contributed by atoms with van der Waals surface area (Å²) in [4.78, 5) is 16.8. The highest BCUT2D eigenvalue weighted by Crippen LogP contribution is 2.31. The van der Waals surface area contributed by atoms with Gasteiger partial charge in [-0.25, -0.2) is 14.2 Å². The average Bonchev–Trinajstić information content (AvgIpc) is 3.08. The van der Waals surface area contributed by atoms with E-state index in [1.165, 1.54) is 24.3 Å². The molecule has 2 N–H and O–H groups in total. The molecule has 4 rings (SSSR count). The van der Waals surface area contributed by atoms with E-state index in [2.05, 4.69) is 15.6 Å². The first kappa shape index (κ1) is 16.2. The van der Waals surface area contributed by atoms with E-state index in [9.17, 15) is 9.18 Å². The summed E-state index contributed by atoms with van der Waals surface area (Å²) >= 11 is 1.61. The number of carbonyl (C=O) groups excluding carboxylic acids is 1. The van der Waals surface area contributed by atoms with Gasteiger partial charge in [0.1, 0.15) is 10.8 Å². The molecule has 4 aromatic rings. The van der Waals surface area contributed by atoms with Gasteiger partial charge in [0.05, 0.1) is 10.2 Å². The van der Waals surface area contributed by atoms with Gasteiger partial charge in [0.2, 0.25) is 0 Å². The molecule has 0 saturated carbocycles. The number of anilines is 2. The molecule has 0 aliphatic heterocycles. The molecule has 1 heterocycles. The molecule has 0 fully saturated rings. The van der Waals surface area contributed by atoms with E-state index in [-0.39, 0.29) is 5.82 Å². The third-order valence-corrected chi connectivity index (χ3v) is 4.85. The van der Waals surface area contributed by atoms with Gasteiger partial charge in [0, 0.05) is 16.9 Å². The Balaban J connectivity index is 1.51. The molecule has 0 atom stereocenters. The molecule has 0 aliphatic rings. The van der Waals surface area contributed by atoms with E-state index in [4.69, 9.17) is 0 Å². The summed E-state index contributed by atoms with van der Waals surface area (Å²) in [6.45, 7) is 0. The van der Waals surface area contributed by atoms with Crippen molar-refractivity contribution in [2.45, 2.75) is 0 Å². The van der Waals surface area contributed by atoms with E-state index in [0.717, 1.165) is 20.8 Å². The molecular weight excluding hydrogens is 349 g/mol. The van der Waals surface area contributed by atoms with Gasteiger partial charge in [0.25, 0.3) is 0 Å². The minimum Gasteiger partial charge on any atom is -0.308 e. The molecule has 0 aliphatic carbocycles. The molecule has 4 nitrogen and oxygen atoms in total. The van der Waals surface area contributed by atoms with Crippen LogP contribution in [-0.4, -0.2) is 11.0 Å². The standard InChI is InChI=1S/C20H14FN3OS/c21-14-8-10-15(11-9-14)22-20(25)23-16-5-3-4-13(12-16)19-24-17-6-1-2-7-18(17)26-19/h1-12H,(H2,22,23,25). The summed E-state index contributed by atoms with van der Waals surface area (Å²) in [7, 11) is 0. The van der Waals surface area contributed by atoms with Crippen LogP contribution >= 0.6 is 11.3 Å². The highest BCUT2D eigenvalue weighted by Gasteiger charge is 2.08. The maximum atomic E-state index is 12.9. The number of aromatic nitrogens is 1. The number of nitrogens with zero attached hydrogens (tertiary/aromatic N) is 1. The Bertz CT molecular complexity index is 1040. The van der Waals surface area contributed by atoms with Crippen molar-refractivity contribution >= 4 is 39.0 Å². The number of fused-ring (bicyclic) bond motifs is 1. The summed E-state index contributed by atoms with van der Waals surface area (Å²) in [5.41, 5.74) is 3.07. The monoisotopic (exact) mass is 363 g/mol. The number of carbonyl (C=O) groups is 1. The lowest BCUT2D eigenvalue weighted by Gasteiger charge is -2.08. The van der Waals surface area contributed by atoms with Crippen LogP contribution < -0.4 is 10.6 Å². The molecule has 0 bridgehead atoms. The van der Waals surface area contributed by atoms with E-state index in [1.807, 2.05) is 42.5 Å². The molecule has 1 aromatic heterocycles. The lowest BCUT2D eigenvalue weighted by Crippen LogP contribution is -2.19. The van der Waals surface area contributed by atoms with Crippen molar-refractivity contribution in [3.63, 3.8) is 0 Å². The Hall–Kier alpha value is -3.25. The van der Waals surface area contributed by atoms with E-state index < -0.39 is 6.03 Å². The Kier molecular flexibility index (Phi) is 4.33. The molecule has 128 valence electrons. The second kappa shape index (κ2) is 6.93. The number of halogens is 1. The number of urea groups is 1. The van der Waals surface area contributed by atoms with Crippen molar-refractivity contribution in [3.05, 3.63) is 78.6 Å². The third kappa shape index (κ3) is 3.55. The zero-order chi connectivity index (χ0) is 17.9. The van der Waals surface area contributed by atoms with Gasteiger partial charge in [-0.1, -0.05) is 24.3 Å². The molecule has 0 saturated heterocycles. The third-order valence-electron chi connectivity index (χ3n) is 3.76. The minimum atomic E-state index is -0.391. The van der Waals surface area contributed by atoms with Crippen LogP contribution in [0.5, 0.6) is 0 Å². The van der Waals surface area contributed by atoms with Crippen LogP contribution in [-0.2, 0) is 0 Å². The molecular formula is C20H14FN3OS. The molecule has 26 heavy (non-hydrogen) atoms. The van der Waals surface area contributed by atoms with Gasteiger partial charge in [-0.05, 0) is 48.5 Å². The van der Waals surface area contributed by atoms with Crippen LogP contribution in [0.25, 0.3) is 20.8 Å². The van der Waals surface area contributed by atoms with Crippen molar-refractivity contribution in [2.24, 2.45) is 0 Å². The van der Waals surface area contributed by atoms with Gasteiger partial charge < -0.3 is 10.6 Å². The number of hydrogen-bond acceptors (Lipinski definition) is 3. The van der Waals surface area contributed by atoms with Gasteiger partial charge in [-0.3, -0.25) is 0 Å². The summed E-state index contributed by atoms with van der Waals surface area (Å²) in [6, 6.07) is 20.7. The predicted molar refractivity (Wildman–Crippen MR) is 104 cm³/mol. The second-order valence-corrected chi connectivity index (χ2v) is 6.68. The van der Waals surface area contributed by atoms with Crippen LogP contribution in [0.3, 0.4) is 0 Å². The molecule has 0 unspecified atom stereocenters. The molecule has 6 heteroatoms. The number of thiazole rings is 1. The van der Waals surface area contributed by atoms with Crippen molar-refractivity contribution in [2.75, 3.05) is 10.6 Å². The van der Waals surface area contributed by atoms with E-state index >= 15 is 0 Å². The van der Waals surface area contributed by atoms with Crippen LogP contribution in [0.4, 0.5) is 20.6 Å². The van der Waals surface area contributed by atoms with Crippen molar-refractivity contribution in [1.82, 2.24) is 4.98 Å². The van der Waals surface area contributed by atoms with Crippen LogP contribution in [0.2, 0.25) is 0 Å². The van der Waals surface area contributed by atoms with Crippen molar-refractivity contribution in [1.29, 1.82) is 0 Å². The summed E-state index contributed by atoms with van der Waals surface area (Å²) < 4.78 is 14.0. The fourth-order valence-corrected chi connectivity index (χ4v) is 3.51. The lowest BCUT2D eigenvalue weighted by molar-refractivity contribution is 0.262. The Morgan fingerprint density at radius 3 is 2.46 bits per heavy atom. The van der Waals surface area contributed by atoms with Crippen LogP contribution in [0.1, 0.15) is 0 Å². The quantitative estimate of drug-likeness (QED) is 0.487. The first-order chi connectivity index (χ1) is 12.7. The maximum absolute atomic E-state index is 12.9.